The number of rotatable bonds is 4. The summed E-state index contributed by atoms with van der Waals surface area (Å²) in [5.74, 6) is -1.57. The summed E-state index contributed by atoms with van der Waals surface area (Å²) in [7, 11) is -1.45. The van der Waals surface area contributed by atoms with Crippen molar-refractivity contribution in [3.05, 3.63) is 76.4 Å². The van der Waals surface area contributed by atoms with E-state index in [1.54, 1.807) is 24.3 Å². The first-order chi connectivity index (χ1) is 15.0. The highest BCUT2D eigenvalue weighted by atomic mass is 32.2. The molecule has 5 nitrogen and oxygen atoms in total. The van der Waals surface area contributed by atoms with E-state index in [1.165, 1.54) is 6.08 Å². The van der Waals surface area contributed by atoms with Gasteiger partial charge in [-0.1, -0.05) is 56.7 Å². The number of hydrogen-bond donors (Lipinski definition) is 3. The fraction of sp³-hybridized carbons (Fsp3) is 0.346. The number of aliphatic hydroxyl groups is 1. The Kier molecular flexibility index (Phi) is 5.63. The third kappa shape index (κ3) is 3.61. The molecule has 0 heterocycles. The smallest absolute Gasteiger partial charge is 0.189 e. The Labute approximate surface area is 190 Å². The summed E-state index contributed by atoms with van der Waals surface area (Å²) in [6.45, 7) is 7.59. The lowest BCUT2D eigenvalue weighted by Gasteiger charge is -2.35. The van der Waals surface area contributed by atoms with Crippen LogP contribution in [0.25, 0.3) is 0 Å². The standard InChI is InChI=1S/C26H28O5S/c1-14-5-8-16(9-6-14)32(31)13-19(28)17-10-7-15(2)20-21(17)24(29)22-18(27)11-12-26(3,4)23(22)25(20)30/h5-12,15,17,19,28-30H,13H2,1-4H3/t15-,17-,19+,32+/m0/s1. The fourth-order valence-electron chi connectivity index (χ4n) is 4.72. The van der Waals surface area contributed by atoms with Crippen LogP contribution in [0.2, 0.25) is 0 Å². The molecule has 0 bridgehead atoms. The van der Waals surface area contributed by atoms with Gasteiger partial charge in [-0.05, 0) is 25.1 Å². The average molecular weight is 453 g/mol. The second kappa shape index (κ2) is 8.01. The van der Waals surface area contributed by atoms with E-state index in [0.29, 0.717) is 21.6 Å². The number of carbonyl (C=O) groups excluding carboxylic acids is 1. The van der Waals surface area contributed by atoms with Crippen LogP contribution < -0.4 is 0 Å². The molecule has 0 spiro atoms. The van der Waals surface area contributed by atoms with Crippen molar-refractivity contribution in [1.29, 1.82) is 0 Å². The number of ketones is 1. The van der Waals surface area contributed by atoms with Crippen LogP contribution >= 0.6 is 0 Å². The van der Waals surface area contributed by atoms with Crippen LogP contribution in [0.5, 0.6) is 11.5 Å². The van der Waals surface area contributed by atoms with Crippen molar-refractivity contribution in [1.82, 2.24) is 0 Å². The summed E-state index contributed by atoms with van der Waals surface area (Å²) in [4.78, 5) is 13.3. The van der Waals surface area contributed by atoms with Gasteiger partial charge in [0.1, 0.15) is 11.5 Å². The number of allylic oxidation sites excluding steroid dienone is 3. The van der Waals surface area contributed by atoms with E-state index >= 15 is 0 Å². The number of fused-ring (bicyclic) bond motifs is 2. The van der Waals surface area contributed by atoms with Crippen molar-refractivity contribution in [3.63, 3.8) is 0 Å². The van der Waals surface area contributed by atoms with E-state index in [-0.39, 0.29) is 34.5 Å². The molecule has 2 aromatic rings. The summed E-state index contributed by atoms with van der Waals surface area (Å²) < 4.78 is 12.9. The minimum absolute atomic E-state index is 0.0239. The second-order valence-corrected chi connectivity index (χ2v) is 10.8. The Morgan fingerprint density at radius 3 is 2.38 bits per heavy atom. The molecule has 0 saturated carbocycles. The minimum atomic E-state index is -1.45. The number of aromatic hydroxyl groups is 2. The quantitative estimate of drug-likeness (QED) is 0.473. The first kappa shape index (κ1) is 22.5. The number of aliphatic hydroxyl groups excluding tert-OH is 1. The van der Waals surface area contributed by atoms with Gasteiger partial charge in [0.05, 0.1) is 28.2 Å². The van der Waals surface area contributed by atoms with E-state index in [0.717, 1.165) is 5.56 Å². The first-order valence-electron chi connectivity index (χ1n) is 10.7. The maximum atomic E-state index is 12.9. The van der Waals surface area contributed by atoms with Gasteiger partial charge in [0.2, 0.25) is 0 Å². The Morgan fingerprint density at radius 1 is 1.06 bits per heavy atom. The molecule has 0 fully saturated rings. The minimum Gasteiger partial charge on any atom is -0.507 e. The Bertz CT molecular complexity index is 1170. The summed E-state index contributed by atoms with van der Waals surface area (Å²) in [5, 5.41) is 33.5. The molecule has 0 aliphatic heterocycles. The van der Waals surface area contributed by atoms with Gasteiger partial charge in [-0.2, -0.15) is 0 Å². The summed E-state index contributed by atoms with van der Waals surface area (Å²) in [6.07, 6.45) is 5.69. The highest BCUT2D eigenvalue weighted by Crippen LogP contribution is 2.53. The molecular weight excluding hydrogens is 424 g/mol. The Hall–Kier alpha value is -2.70. The second-order valence-electron chi connectivity index (χ2n) is 9.29. The number of carbonyl (C=O) groups is 1. The van der Waals surface area contributed by atoms with Crippen molar-refractivity contribution >= 4 is 16.6 Å². The normalized spacial score (nSPS) is 22.8. The molecule has 2 aromatic carbocycles. The van der Waals surface area contributed by atoms with Crippen LogP contribution in [0.1, 0.15) is 65.2 Å². The van der Waals surface area contributed by atoms with E-state index in [9.17, 15) is 24.3 Å². The molecular formula is C26H28O5S. The fourth-order valence-corrected chi connectivity index (χ4v) is 5.87. The monoisotopic (exact) mass is 452 g/mol. The zero-order valence-electron chi connectivity index (χ0n) is 18.6. The first-order valence-corrected chi connectivity index (χ1v) is 12.0. The maximum Gasteiger partial charge on any atom is 0.189 e. The van der Waals surface area contributed by atoms with Crippen LogP contribution in [-0.4, -0.2) is 37.2 Å². The van der Waals surface area contributed by atoms with E-state index in [2.05, 4.69) is 0 Å². The Balaban J connectivity index is 1.79. The van der Waals surface area contributed by atoms with Crippen LogP contribution in [-0.2, 0) is 16.2 Å². The lowest BCUT2D eigenvalue weighted by atomic mass is 9.70. The highest BCUT2D eigenvalue weighted by molar-refractivity contribution is 7.85. The molecule has 0 aromatic heterocycles. The zero-order valence-corrected chi connectivity index (χ0v) is 19.4. The van der Waals surface area contributed by atoms with Crippen molar-refractivity contribution in [2.45, 2.75) is 55.9 Å². The van der Waals surface area contributed by atoms with E-state index in [1.807, 2.05) is 45.9 Å². The molecule has 0 unspecified atom stereocenters. The van der Waals surface area contributed by atoms with Crippen molar-refractivity contribution < 1.29 is 24.3 Å². The van der Waals surface area contributed by atoms with Crippen LogP contribution in [0.4, 0.5) is 0 Å². The number of aryl methyl sites for hydroxylation is 1. The van der Waals surface area contributed by atoms with Crippen LogP contribution in [0, 0.1) is 6.92 Å². The van der Waals surface area contributed by atoms with Crippen molar-refractivity contribution in [2.24, 2.45) is 0 Å². The van der Waals surface area contributed by atoms with Crippen molar-refractivity contribution in [3.8, 4) is 11.5 Å². The molecule has 2 aliphatic carbocycles. The number of benzene rings is 2. The average Bonchev–Trinajstić information content (AvgIpc) is 2.73. The van der Waals surface area contributed by atoms with Gasteiger partial charge in [-0.3, -0.25) is 9.00 Å². The van der Waals surface area contributed by atoms with Crippen molar-refractivity contribution in [2.75, 3.05) is 5.75 Å². The molecule has 0 radical (unpaired) electrons. The van der Waals surface area contributed by atoms with E-state index in [4.69, 9.17) is 0 Å². The largest absolute Gasteiger partial charge is 0.507 e. The maximum absolute atomic E-state index is 12.9. The molecule has 4 rings (SSSR count). The summed E-state index contributed by atoms with van der Waals surface area (Å²) in [6, 6.07) is 7.29. The zero-order chi connectivity index (χ0) is 23.4. The molecule has 4 atom stereocenters. The Morgan fingerprint density at radius 2 is 1.72 bits per heavy atom. The van der Waals surface area contributed by atoms with Gasteiger partial charge in [0.25, 0.3) is 0 Å². The van der Waals surface area contributed by atoms with Gasteiger partial charge in [0, 0.05) is 38.8 Å². The number of phenols is 2. The molecule has 168 valence electrons. The molecule has 6 heteroatoms. The van der Waals surface area contributed by atoms with Gasteiger partial charge >= 0.3 is 0 Å². The molecule has 3 N–H and O–H groups in total. The predicted molar refractivity (Wildman–Crippen MR) is 125 cm³/mol. The van der Waals surface area contributed by atoms with Gasteiger partial charge in [-0.15, -0.1) is 0 Å². The van der Waals surface area contributed by atoms with E-state index < -0.39 is 28.2 Å². The van der Waals surface area contributed by atoms with Gasteiger partial charge < -0.3 is 15.3 Å². The third-order valence-electron chi connectivity index (χ3n) is 6.48. The SMILES string of the molecule is Cc1ccc([S@](=O)C[C@@H](O)[C@@H]2C=C[C@H](C)c3c(O)c4c(c(O)c32)C(=O)C=CC4(C)C)cc1. The lowest BCUT2D eigenvalue weighted by Crippen LogP contribution is -2.29. The lowest BCUT2D eigenvalue weighted by molar-refractivity contribution is 0.103. The van der Waals surface area contributed by atoms with Gasteiger partial charge in [-0.25, -0.2) is 0 Å². The molecule has 32 heavy (non-hydrogen) atoms. The number of phenolic OH excluding ortho intramolecular Hbond substituents is 2. The summed E-state index contributed by atoms with van der Waals surface area (Å²) >= 11 is 0. The van der Waals surface area contributed by atoms with Crippen LogP contribution in [0.3, 0.4) is 0 Å². The molecule has 2 aliphatic rings. The topological polar surface area (TPSA) is 94.8 Å². The van der Waals surface area contributed by atoms with Gasteiger partial charge in [0.15, 0.2) is 5.78 Å². The highest BCUT2D eigenvalue weighted by Gasteiger charge is 2.41. The molecule has 0 saturated heterocycles. The molecule has 0 amide bonds. The predicted octanol–water partition coefficient (Wildman–Crippen LogP) is 4.36. The van der Waals surface area contributed by atoms with Crippen LogP contribution in [0.15, 0.2) is 53.5 Å². The summed E-state index contributed by atoms with van der Waals surface area (Å²) in [5.41, 5.74) is 1.74. The third-order valence-corrected chi connectivity index (χ3v) is 7.92. The number of hydrogen-bond acceptors (Lipinski definition) is 5.